The van der Waals surface area contributed by atoms with Crippen LogP contribution in [-0.2, 0) is 25.6 Å². The maximum Gasteiger partial charge on any atom is 0.245 e. The van der Waals surface area contributed by atoms with E-state index in [0.29, 0.717) is 44.6 Å². The Morgan fingerprint density at radius 2 is 1.00 bits per heavy atom. The van der Waals surface area contributed by atoms with Gasteiger partial charge >= 0.3 is 0 Å². The topological polar surface area (TPSA) is 102 Å². The minimum atomic E-state index is -0.775. The number of carbonyl (C=O) groups is 4. The number of rotatable bonds is 19. The van der Waals surface area contributed by atoms with Crippen LogP contribution in [0.1, 0.15) is 86.6 Å². The van der Waals surface area contributed by atoms with Gasteiger partial charge in [0.15, 0.2) is 0 Å². The van der Waals surface area contributed by atoms with Crippen molar-refractivity contribution >= 4 is 23.6 Å². The lowest BCUT2D eigenvalue weighted by molar-refractivity contribution is -0.153. The molecule has 4 atom stereocenters. The van der Waals surface area contributed by atoms with E-state index in [0.717, 1.165) is 5.56 Å². The molecule has 0 unspecified atom stereocenters. The van der Waals surface area contributed by atoms with Gasteiger partial charge in [-0.2, -0.15) is 0 Å². The van der Waals surface area contributed by atoms with Gasteiger partial charge in [0.2, 0.25) is 23.6 Å². The van der Waals surface area contributed by atoms with Crippen molar-refractivity contribution in [1.29, 1.82) is 0 Å². The average Bonchev–Trinajstić information content (AvgIpc) is 2.98. The number of amides is 4. The Hall–Kier alpha value is -2.94. The number of benzene rings is 1. The molecule has 256 valence electrons. The zero-order valence-corrected chi connectivity index (χ0v) is 30.2. The highest BCUT2D eigenvalue weighted by Gasteiger charge is 2.39. The van der Waals surface area contributed by atoms with Gasteiger partial charge in [-0.3, -0.25) is 19.2 Å². The molecular formula is C36H63N5O4. The summed E-state index contributed by atoms with van der Waals surface area (Å²) in [5, 5.41) is 6.16. The molecule has 0 aliphatic rings. The van der Waals surface area contributed by atoms with Gasteiger partial charge in [0.05, 0.1) is 6.04 Å². The maximum atomic E-state index is 14.2. The Kier molecular flexibility index (Phi) is 17.4. The Labute approximate surface area is 273 Å². The van der Waals surface area contributed by atoms with Crippen LogP contribution >= 0.6 is 0 Å². The van der Waals surface area contributed by atoms with Crippen LogP contribution in [0.4, 0.5) is 0 Å². The van der Waals surface area contributed by atoms with Crippen molar-refractivity contribution in [2.75, 3.05) is 34.7 Å². The molecule has 0 radical (unpaired) electrons. The molecule has 0 fully saturated rings. The maximum absolute atomic E-state index is 14.2. The second kappa shape index (κ2) is 19.5. The van der Waals surface area contributed by atoms with E-state index in [1.807, 2.05) is 71.9 Å². The monoisotopic (exact) mass is 629 g/mol. The molecule has 0 aromatic heterocycles. The summed E-state index contributed by atoms with van der Waals surface area (Å²) in [4.78, 5) is 60.1. The number of hydrogen-bond acceptors (Lipinski definition) is 5. The zero-order chi connectivity index (χ0) is 34.4. The molecule has 0 heterocycles. The van der Waals surface area contributed by atoms with E-state index < -0.39 is 24.2 Å². The normalized spacial score (nSPS) is 14.3. The molecule has 2 N–H and O–H groups in total. The van der Waals surface area contributed by atoms with Crippen LogP contribution in [0.25, 0.3) is 0 Å². The van der Waals surface area contributed by atoms with Gasteiger partial charge in [-0.25, -0.2) is 0 Å². The van der Waals surface area contributed by atoms with Crippen molar-refractivity contribution in [3.63, 3.8) is 0 Å². The highest BCUT2D eigenvalue weighted by atomic mass is 16.2. The smallest absolute Gasteiger partial charge is 0.245 e. The summed E-state index contributed by atoms with van der Waals surface area (Å²) in [6.45, 7) is 16.8. The van der Waals surface area contributed by atoms with E-state index in [1.54, 1.807) is 33.1 Å². The summed E-state index contributed by atoms with van der Waals surface area (Å²) in [5.74, 6) is -0.113. The summed E-state index contributed by atoms with van der Waals surface area (Å²) < 4.78 is 0. The largest absolute Gasteiger partial charge is 0.354 e. The molecule has 0 saturated heterocycles. The summed E-state index contributed by atoms with van der Waals surface area (Å²) in [6, 6.07) is 7.39. The van der Waals surface area contributed by atoms with Crippen molar-refractivity contribution in [3.05, 3.63) is 35.9 Å². The minimum Gasteiger partial charge on any atom is -0.354 e. The summed E-state index contributed by atoms with van der Waals surface area (Å²) in [7, 11) is 6.79. The molecule has 1 aromatic rings. The van der Waals surface area contributed by atoms with Crippen molar-refractivity contribution in [3.8, 4) is 0 Å². The van der Waals surface area contributed by atoms with Crippen LogP contribution < -0.4 is 10.6 Å². The number of hydrogen-bond donors (Lipinski definition) is 2. The van der Waals surface area contributed by atoms with Crippen LogP contribution in [0, 0.1) is 23.7 Å². The Morgan fingerprint density at radius 1 is 0.600 bits per heavy atom. The SMILES string of the molecule is CN[C@H](CC(C)C)C(=O)N(C)[C@H](CC(C)C)C(=O)N(C)[C@H](CC(C)C)C(=O)N(C)[C@H](CC(C)C)C(=O)NCCc1ccccc1. The van der Waals surface area contributed by atoms with Crippen LogP contribution in [-0.4, -0.2) is 97.2 Å². The van der Waals surface area contributed by atoms with E-state index in [2.05, 4.69) is 24.5 Å². The van der Waals surface area contributed by atoms with Gasteiger partial charge in [-0.1, -0.05) is 85.7 Å². The summed E-state index contributed by atoms with van der Waals surface area (Å²) in [6.07, 6.45) is 2.76. The van der Waals surface area contributed by atoms with Crippen LogP contribution in [0.2, 0.25) is 0 Å². The molecular weight excluding hydrogens is 566 g/mol. The predicted molar refractivity (Wildman–Crippen MR) is 183 cm³/mol. The van der Waals surface area contributed by atoms with Gasteiger partial charge in [-0.15, -0.1) is 0 Å². The Bertz CT molecular complexity index is 1060. The van der Waals surface area contributed by atoms with Crippen molar-refractivity contribution in [1.82, 2.24) is 25.3 Å². The summed E-state index contributed by atoms with van der Waals surface area (Å²) in [5.41, 5.74) is 1.13. The molecule has 4 amide bonds. The molecule has 0 spiro atoms. The second-order valence-corrected chi connectivity index (χ2v) is 14.3. The first-order valence-corrected chi connectivity index (χ1v) is 16.8. The lowest BCUT2D eigenvalue weighted by Crippen LogP contribution is -2.59. The zero-order valence-electron chi connectivity index (χ0n) is 30.2. The predicted octanol–water partition coefficient (Wildman–Crippen LogP) is 4.60. The Morgan fingerprint density at radius 3 is 1.42 bits per heavy atom. The number of carbonyl (C=O) groups excluding carboxylic acids is 4. The van der Waals surface area contributed by atoms with Crippen molar-refractivity contribution in [2.45, 2.75) is 112 Å². The van der Waals surface area contributed by atoms with E-state index in [4.69, 9.17) is 0 Å². The molecule has 0 aliphatic heterocycles. The minimum absolute atomic E-state index is 0.119. The molecule has 0 bridgehead atoms. The van der Waals surface area contributed by atoms with Gasteiger partial charge in [0, 0.05) is 27.7 Å². The summed E-state index contributed by atoms with van der Waals surface area (Å²) >= 11 is 0. The third-order valence-corrected chi connectivity index (χ3v) is 8.31. The third-order valence-electron chi connectivity index (χ3n) is 8.31. The number of nitrogens with zero attached hydrogens (tertiary/aromatic N) is 3. The fraction of sp³-hybridized carbons (Fsp3) is 0.722. The lowest BCUT2D eigenvalue weighted by Gasteiger charge is -2.39. The molecule has 45 heavy (non-hydrogen) atoms. The third kappa shape index (κ3) is 13.1. The highest BCUT2D eigenvalue weighted by Crippen LogP contribution is 2.22. The second-order valence-electron chi connectivity index (χ2n) is 14.3. The van der Waals surface area contributed by atoms with E-state index >= 15 is 0 Å². The first kappa shape index (κ1) is 40.1. The highest BCUT2D eigenvalue weighted by molar-refractivity contribution is 5.94. The van der Waals surface area contributed by atoms with Gasteiger partial charge in [-0.05, 0) is 68.4 Å². The molecule has 1 aromatic carbocycles. The number of nitrogens with one attached hydrogen (secondary N) is 2. The first-order valence-electron chi connectivity index (χ1n) is 16.8. The molecule has 0 aliphatic carbocycles. The quantitative estimate of drug-likeness (QED) is 0.233. The lowest BCUT2D eigenvalue weighted by atomic mass is 9.95. The van der Waals surface area contributed by atoms with Crippen LogP contribution in [0.3, 0.4) is 0 Å². The van der Waals surface area contributed by atoms with Gasteiger partial charge in [0.1, 0.15) is 18.1 Å². The number of likely N-dealkylation sites (N-methyl/N-ethyl adjacent to an activating group) is 4. The van der Waals surface area contributed by atoms with Crippen LogP contribution in [0.15, 0.2) is 30.3 Å². The van der Waals surface area contributed by atoms with Gasteiger partial charge < -0.3 is 25.3 Å². The van der Waals surface area contributed by atoms with E-state index in [-0.39, 0.29) is 41.4 Å². The fourth-order valence-electron chi connectivity index (χ4n) is 5.71. The molecule has 0 saturated carbocycles. The van der Waals surface area contributed by atoms with Gasteiger partial charge in [0.25, 0.3) is 0 Å². The molecule has 1 rings (SSSR count). The van der Waals surface area contributed by atoms with E-state index in [9.17, 15) is 19.2 Å². The standard InChI is InChI=1S/C36H63N5O4/c1-24(2)20-29(37-9)34(43)40(11)31(22-26(5)6)36(45)41(12)32(23-27(7)8)35(44)39(10)30(21-25(3)4)33(42)38-19-18-28-16-14-13-15-17-28/h13-17,24-27,29-32,37H,18-23H2,1-12H3,(H,38,42)/t29-,30-,31-,32-/m1/s1. The first-order chi connectivity index (χ1) is 21.0. The van der Waals surface area contributed by atoms with Crippen molar-refractivity contribution in [2.24, 2.45) is 23.7 Å². The van der Waals surface area contributed by atoms with Crippen molar-refractivity contribution < 1.29 is 19.2 Å². The average molecular weight is 630 g/mol. The fourth-order valence-corrected chi connectivity index (χ4v) is 5.71. The Balaban J connectivity index is 3.29. The van der Waals surface area contributed by atoms with E-state index in [1.165, 1.54) is 9.80 Å². The van der Waals surface area contributed by atoms with Crippen LogP contribution in [0.5, 0.6) is 0 Å². The molecule has 9 nitrogen and oxygen atoms in total. The molecule has 9 heteroatoms.